The van der Waals surface area contributed by atoms with Crippen LogP contribution in [0.1, 0.15) is 33.6 Å². The Morgan fingerprint density at radius 2 is 1.85 bits per heavy atom. The first kappa shape index (κ1) is 17.5. The average molecular weight is 307 g/mol. The predicted molar refractivity (Wildman–Crippen MR) is 80.4 cm³/mol. The molecular weight excluding hydrogens is 280 g/mol. The summed E-state index contributed by atoms with van der Waals surface area (Å²) in [5, 5.41) is 3.32. The molecule has 0 aromatic carbocycles. The molecule has 2 saturated heterocycles. The largest absolute Gasteiger partial charge is 0.444 e. The van der Waals surface area contributed by atoms with E-state index in [-0.39, 0.29) is 18.5 Å². The lowest BCUT2D eigenvalue weighted by molar-refractivity contribution is -0.0420. The standard InChI is InChI=1S/C14H26N2O3.ClH/c1-14(2,3)19-13(17)16-8-11(9-16)10-18-12-4-6-15-7-5-12;/h11-12,15H,4-10H2,1-3H3;1H. The van der Waals surface area contributed by atoms with Crippen LogP contribution >= 0.6 is 12.4 Å². The Hall–Kier alpha value is -0.520. The third-order valence-corrected chi connectivity index (χ3v) is 3.46. The molecule has 118 valence electrons. The molecule has 2 fully saturated rings. The highest BCUT2D eigenvalue weighted by atomic mass is 35.5. The van der Waals surface area contributed by atoms with Crippen molar-refractivity contribution < 1.29 is 14.3 Å². The van der Waals surface area contributed by atoms with Crippen molar-refractivity contribution in [1.82, 2.24) is 10.2 Å². The van der Waals surface area contributed by atoms with Gasteiger partial charge in [-0.25, -0.2) is 4.79 Å². The van der Waals surface area contributed by atoms with Gasteiger partial charge in [0, 0.05) is 19.0 Å². The molecule has 2 heterocycles. The first-order chi connectivity index (χ1) is 8.94. The number of piperidine rings is 1. The molecule has 0 atom stereocenters. The number of halogens is 1. The van der Waals surface area contributed by atoms with E-state index in [0.717, 1.165) is 45.6 Å². The smallest absolute Gasteiger partial charge is 0.410 e. The van der Waals surface area contributed by atoms with Crippen molar-refractivity contribution >= 4 is 18.5 Å². The van der Waals surface area contributed by atoms with Crippen LogP contribution in [0.15, 0.2) is 0 Å². The minimum absolute atomic E-state index is 0. The number of amides is 1. The fourth-order valence-corrected chi connectivity index (χ4v) is 2.39. The third-order valence-electron chi connectivity index (χ3n) is 3.46. The zero-order valence-corrected chi connectivity index (χ0v) is 13.5. The minimum atomic E-state index is -0.409. The van der Waals surface area contributed by atoms with E-state index in [0.29, 0.717) is 12.0 Å². The van der Waals surface area contributed by atoms with Gasteiger partial charge in [-0.05, 0) is 46.7 Å². The van der Waals surface area contributed by atoms with Crippen molar-refractivity contribution in [1.29, 1.82) is 0 Å². The second kappa shape index (κ2) is 7.48. The van der Waals surface area contributed by atoms with Gasteiger partial charge in [-0.15, -0.1) is 12.4 Å². The van der Waals surface area contributed by atoms with Gasteiger partial charge in [0.1, 0.15) is 5.60 Å². The number of carbonyl (C=O) groups excluding carboxylic acids is 1. The second-order valence-electron chi connectivity index (χ2n) is 6.53. The second-order valence-corrected chi connectivity index (χ2v) is 6.53. The highest BCUT2D eigenvalue weighted by Gasteiger charge is 2.34. The van der Waals surface area contributed by atoms with Crippen LogP contribution < -0.4 is 5.32 Å². The Bertz CT molecular complexity index is 308. The van der Waals surface area contributed by atoms with Crippen LogP contribution in [0, 0.1) is 5.92 Å². The number of likely N-dealkylation sites (tertiary alicyclic amines) is 1. The molecule has 0 spiro atoms. The lowest BCUT2D eigenvalue weighted by atomic mass is 10.0. The van der Waals surface area contributed by atoms with E-state index in [1.807, 2.05) is 20.8 Å². The van der Waals surface area contributed by atoms with E-state index in [1.165, 1.54) is 0 Å². The van der Waals surface area contributed by atoms with Crippen molar-refractivity contribution in [2.45, 2.75) is 45.3 Å². The summed E-state index contributed by atoms with van der Waals surface area (Å²) in [7, 11) is 0. The summed E-state index contributed by atoms with van der Waals surface area (Å²) in [6, 6.07) is 0. The number of hydrogen-bond donors (Lipinski definition) is 1. The van der Waals surface area contributed by atoms with Crippen LogP contribution in [-0.2, 0) is 9.47 Å². The average Bonchev–Trinajstić information content (AvgIpc) is 2.25. The summed E-state index contributed by atoms with van der Waals surface area (Å²) in [5.41, 5.74) is -0.409. The molecule has 0 radical (unpaired) electrons. The summed E-state index contributed by atoms with van der Waals surface area (Å²) in [6.45, 7) is 10.1. The number of carbonyl (C=O) groups is 1. The Morgan fingerprint density at radius 3 is 2.40 bits per heavy atom. The third kappa shape index (κ3) is 5.46. The van der Waals surface area contributed by atoms with Crippen LogP contribution in [0.2, 0.25) is 0 Å². The van der Waals surface area contributed by atoms with E-state index in [4.69, 9.17) is 9.47 Å². The summed E-state index contributed by atoms with van der Waals surface area (Å²) in [4.78, 5) is 13.5. The van der Waals surface area contributed by atoms with Crippen LogP contribution in [0.25, 0.3) is 0 Å². The SMILES string of the molecule is CC(C)(C)OC(=O)N1CC(COC2CCNCC2)C1.Cl. The maximum atomic E-state index is 11.7. The van der Waals surface area contributed by atoms with Gasteiger partial charge < -0.3 is 19.7 Å². The van der Waals surface area contributed by atoms with Gasteiger partial charge in [0.25, 0.3) is 0 Å². The molecule has 0 bridgehead atoms. The summed E-state index contributed by atoms with van der Waals surface area (Å²) in [5.74, 6) is 0.474. The van der Waals surface area contributed by atoms with Gasteiger partial charge in [0.05, 0.1) is 12.7 Å². The summed E-state index contributed by atoms with van der Waals surface area (Å²) < 4.78 is 11.2. The first-order valence-electron chi connectivity index (χ1n) is 7.24. The molecule has 1 amide bonds. The zero-order valence-electron chi connectivity index (χ0n) is 12.7. The van der Waals surface area contributed by atoms with E-state index in [2.05, 4.69) is 5.32 Å². The Kier molecular flexibility index (Phi) is 6.55. The molecule has 0 aliphatic carbocycles. The van der Waals surface area contributed by atoms with Crippen molar-refractivity contribution in [3.63, 3.8) is 0 Å². The normalized spacial score (nSPS) is 21.1. The van der Waals surface area contributed by atoms with Gasteiger partial charge in [0.2, 0.25) is 0 Å². The molecule has 0 aromatic rings. The van der Waals surface area contributed by atoms with Crippen LogP contribution in [0.4, 0.5) is 4.79 Å². The van der Waals surface area contributed by atoms with E-state index in [9.17, 15) is 4.79 Å². The van der Waals surface area contributed by atoms with Gasteiger partial charge >= 0.3 is 6.09 Å². The topological polar surface area (TPSA) is 50.8 Å². The summed E-state index contributed by atoms with van der Waals surface area (Å²) >= 11 is 0. The van der Waals surface area contributed by atoms with E-state index >= 15 is 0 Å². The predicted octanol–water partition coefficient (Wildman–Crippen LogP) is 2.04. The molecule has 2 rings (SSSR count). The molecule has 0 aromatic heterocycles. The van der Waals surface area contributed by atoms with Crippen LogP contribution in [0.3, 0.4) is 0 Å². The van der Waals surface area contributed by atoms with Gasteiger partial charge in [0.15, 0.2) is 0 Å². The first-order valence-corrected chi connectivity index (χ1v) is 7.24. The molecule has 6 heteroatoms. The van der Waals surface area contributed by atoms with Gasteiger partial charge in [-0.1, -0.05) is 0 Å². The molecule has 0 saturated carbocycles. The van der Waals surface area contributed by atoms with Crippen LogP contribution in [-0.4, -0.2) is 55.5 Å². The molecule has 2 aliphatic rings. The number of nitrogens with zero attached hydrogens (tertiary/aromatic N) is 1. The molecule has 5 nitrogen and oxygen atoms in total. The van der Waals surface area contributed by atoms with Gasteiger partial charge in [-0.3, -0.25) is 0 Å². The zero-order chi connectivity index (χ0) is 13.9. The highest BCUT2D eigenvalue weighted by Crippen LogP contribution is 2.21. The van der Waals surface area contributed by atoms with E-state index in [1.54, 1.807) is 4.90 Å². The number of nitrogens with one attached hydrogen (secondary N) is 1. The fourth-order valence-electron chi connectivity index (χ4n) is 2.39. The Balaban J connectivity index is 0.00000200. The lowest BCUT2D eigenvalue weighted by Crippen LogP contribution is -2.53. The van der Waals surface area contributed by atoms with Crippen molar-refractivity contribution in [3.05, 3.63) is 0 Å². The van der Waals surface area contributed by atoms with Crippen molar-refractivity contribution in [2.75, 3.05) is 32.8 Å². The molecular formula is C14H27ClN2O3. The maximum absolute atomic E-state index is 11.7. The Morgan fingerprint density at radius 1 is 1.25 bits per heavy atom. The lowest BCUT2D eigenvalue weighted by Gasteiger charge is -2.40. The molecule has 2 aliphatic heterocycles. The number of hydrogen-bond acceptors (Lipinski definition) is 4. The van der Waals surface area contributed by atoms with Gasteiger partial charge in [-0.2, -0.15) is 0 Å². The molecule has 1 N–H and O–H groups in total. The molecule has 20 heavy (non-hydrogen) atoms. The van der Waals surface area contributed by atoms with Crippen LogP contribution in [0.5, 0.6) is 0 Å². The Labute approximate surface area is 127 Å². The fraction of sp³-hybridized carbons (Fsp3) is 0.929. The summed E-state index contributed by atoms with van der Waals surface area (Å²) in [6.07, 6.45) is 2.40. The number of ether oxygens (including phenoxy) is 2. The maximum Gasteiger partial charge on any atom is 0.410 e. The van der Waals surface area contributed by atoms with Crippen molar-refractivity contribution in [2.24, 2.45) is 5.92 Å². The van der Waals surface area contributed by atoms with Crippen molar-refractivity contribution in [3.8, 4) is 0 Å². The van der Waals surface area contributed by atoms with E-state index < -0.39 is 5.60 Å². The molecule has 0 unspecified atom stereocenters. The minimum Gasteiger partial charge on any atom is -0.444 e. The number of rotatable bonds is 3. The highest BCUT2D eigenvalue weighted by molar-refractivity contribution is 5.85. The monoisotopic (exact) mass is 306 g/mol. The quantitative estimate of drug-likeness (QED) is 0.867.